The molecule has 0 saturated heterocycles. The van der Waals surface area contributed by atoms with Crippen LogP contribution in [-0.2, 0) is 28.6 Å². The molecule has 0 bridgehead atoms. The van der Waals surface area contributed by atoms with Crippen molar-refractivity contribution in [2.75, 3.05) is 13.2 Å². The van der Waals surface area contributed by atoms with Crippen molar-refractivity contribution in [3.8, 4) is 0 Å². The Balaban J connectivity index is 4.37. The van der Waals surface area contributed by atoms with E-state index >= 15 is 0 Å². The van der Waals surface area contributed by atoms with E-state index < -0.39 is 6.10 Å². The minimum atomic E-state index is -0.779. The van der Waals surface area contributed by atoms with Crippen molar-refractivity contribution in [1.29, 1.82) is 0 Å². The zero-order valence-electron chi connectivity index (χ0n) is 38.6. The largest absolute Gasteiger partial charge is 0.462 e. The average molecular weight is 815 g/mol. The number of carbonyl (C=O) groups excluding carboxylic acids is 3. The van der Waals surface area contributed by atoms with E-state index in [-0.39, 0.29) is 31.1 Å². The lowest BCUT2D eigenvalue weighted by Crippen LogP contribution is -2.30. The molecule has 0 unspecified atom stereocenters. The van der Waals surface area contributed by atoms with Crippen LogP contribution in [0, 0.1) is 0 Å². The Bertz CT molecular complexity index is 984. The standard InChI is InChI=1S/C52H94O6/c1-4-7-10-13-16-19-22-24-25-26-28-30-33-36-39-42-45-51(54)57-48-49(47-56-50(53)44-41-38-35-32-29-21-18-15-12-9-6-3)58-52(55)46-43-40-37-34-31-27-23-20-17-14-11-8-5-2/h15,18,20,23,25-26,49H,4-14,16-17,19,21-22,24,27-48H2,1-3H3/b18-15-,23-20-,26-25-/t49-/m1/s1. The molecule has 58 heavy (non-hydrogen) atoms. The molecule has 0 spiro atoms. The summed E-state index contributed by atoms with van der Waals surface area (Å²) in [4.78, 5) is 37.8. The van der Waals surface area contributed by atoms with Crippen LogP contribution in [0.1, 0.15) is 258 Å². The lowest BCUT2D eigenvalue weighted by atomic mass is 10.1. The normalized spacial score (nSPS) is 12.3. The van der Waals surface area contributed by atoms with Crippen LogP contribution >= 0.6 is 0 Å². The monoisotopic (exact) mass is 815 g/mol. The molecule has 1 atom stereocenters. The SMILES string of the molecule is CCCC/C=C\CCCCCCCC(=O)OC[C@H](COC(=O)CCCCCCC/C=C\CCCCCCCCC)OC(=O)CCCCCCC/C=C\CCCCCC. The Labute approximate surface area is 359 Å². The van der Waals surface area contributed by atoms with Gasteiger partial charge in [0.15, 0.2) is 6.10 Å². The van der Waals surface area contributed by atoms with E-state index in [1.54, 1.807) is 0 Å². The molecule has 0 aromatic rings. The predicted molar refractivity (Wildman–Crippen MR) is 247 cm³/mol. The molecule has 6 heteroatoms. The van der Waals surface area contributed by atoms with E-state index in [9.17, 15) is 14.4 Å². The highest BCUT2D eigenvalue weighted by atomic mass is 16.6. The summed E-state index contributed by atoms with van der Waals surface area (Å²) < 4.78 is 16.7. The molecule has 0 aromatic carbocycles. The Morgan fingerprint density at radius 2 is 0.586 bits per heavy atom. The van der Waals surface area contributed by atoms with E-state index in [2.05, 4.69) is 57.2 Å². The highest BCUT2D eigenvalue weighted by Gasteiger charge is 2.19. The minimum Gasteiger partial charge on any atom is -0.462 e. The van der Waals surface area contributed by atoms with Crippen molar-refractivity contribution < 1.29 is 28.6 Å². The van der Waals surface area contributed by atoms with E-state index in [0.717, 1.165) is 83.5 Å². The van der Waals surface area contributed by atoms with Gasteiger partial charge < -0.3 is 14.2 Å². The number of ether oxygens (including phenoxy) is 3. The maximum Gasteiger partial charge on any atom is 0.306 e. The molecular weight excluding hydrogens is 721 g/mol. The van der Waals surface area contributed by atoms with E-state index in [4.69, 9.17) is 14.2 Å². The Morgan fingerprint density at radius 3 is 0.931 bits per heavy atom. The first-order valence-electron chi connectivity index (χ1n) is 25.0. The summed E-state index contributed by atoms with van der Waals surface area (Å²) in [5.74, 6) is -0.902. The molecule has 0 aromatic heterocycles. The fourth-order valence-electron chi connectivity index (χ4n) is 7.00. The summed E-state index contributed by atoms with van der Waals surface area (Å²) in [6.07, 6.45) is 54.1. The van der Waals surface area contributed by atoms with Crippen molar-refractivity contribution >= 4 is 17.9 Å². The van der Waals surface area contributed by atoms with E-state index in [1.165, 1.54) is 135 Å². The molecule has 0 fully saturated rings. The van der Waals surface area contributed by atoms with Crippen molar-refractivity contribution in [1.82, 2.24) is 0 Å². The second-order valence-electron chi connectivity index (χ2n) is 16.7. The number of allylic oxidation sites excluding steroid dienone is 6. The fraction of sp³-hybridized carbons (Fsp3) is 0.827. The van der Waals surface area contributed by atoms with Gasteiger partial charge in [0.2, 0.25) is 0 Å². The lowest BCUT2D eigenvalue weighted by Gasteiger charge is -2.18. The third kappa shape index (κ3) is 44.7. The summed E-state index contributed by atoms with van der Waals surface area (Å²) >= 11 is 0. The van der Waals surface area contributed by atoms with E-state index in [1.807, 2.05) is 0 Å². The predicted octanol–water partition coefficient (Wildman–Crippen LogP) is 16.1. The Hall–Kier alpha value is -2.37. The van der Waals surface area contributed by atoms with Gasteiger partial charge in [-0.3, -0.25) is 14.4 Å². The summed E-state index contributed by atoms with van der Waals surface area (Å²) in [6.45, 7) is 6.57. The molecule has 0 aliphatic carbocycles. The van der Waals surface area contributed by atoms with Gasteiger partial charge in [-0.15, -0.1) is 0 Å². The number of carbonyl (C=O) groups is 3. The van der Waals surface area contributed by atoms with Crippen LogP contribution in [0.15, 0.2) is 36.5 Å². The smallest absolute Gasteiger partial charge is 0.306 e. The zero-order chi connectivity index (χ0) is 42.3. The van der Waals surface area contributed by atoms with Gasteiger partial charge in [-0.05, 0) is 89.9 Å². The van der Waals surface area contributed by atoms with Crippen LogP contribution in [-0.4, -0.2) is 37.2 Å². The molecule has 0 radical (unpaired) electrons. The van der Waals surface area contributed by atoms with Crippen LogP contribution in [0.25, 0.3) is 0 Å². The first kappa shape index (κ1) is 55.6. The summed E-state index contributed by atoms with van der Waals surface area (Å²) in [5.41, 5.74) is 0. The quantitative estimate of drug-likeness (QED) is 0.0264. The maximum atomic E-state index is 12.7. The van der Waals surface area contributed by atoms with Gasteiger partial charge in [-0.2, -0.15) is 0 Å². The Morgan fingerprint density at radius 1 is 0.328 bits per heavy atom. The average Bonchev–Trinajstić information content (AvgIpc) is 3.22. The van der Waals surface area contributed by atoms with Crippen LogP contribution < -0.4 is 0 Å². The van der Waals surface area contributed by atoms with Gasteiger partial charge in [0, 0.05) is 19.3 Å². The van der Waals surface area contributed by atoms with Gasteiger partial charge in [0.1, 0.15) is 13.2 Å². The highest BCUT2D eigenvalue weighted by Crippen LogP contribution is 2.14. The highest BCUT2D eigenvalue weighted by molar-refractivity contribution is 5.71. The van der Waals surface area contributed by atoms with Crippen LogP contribution in [0.5, 0.6) is 0 Å². The summed E-state index contributed by atoms with van der Waals surface area (Å²) in [5, 5.41) is 0. The molecule has 0 amide bonds. The third-order valence-corrected chi connectivity index (χ3v) is 10.8. The fourth-order valence-corrected chi connectivity index (χ4v) is 7.00. The van der Waals surface area contributed by atoms with Gasteiger partial charge in [0.25, 0.3) is 0 Å². The summed E-state index contributed by atoms with van der Waals surface area (Å²) in [7, 11) is 0. The van der Waals surface area contributed by atoms with Gasteiger partial charge in [-0.25, -0.2) is 0 Å². The molecule has 0 N–H and O–H groups in total. The van der Waals surface area contributed by atoms with Crippen LogP contribution in [0.2, 0.25) is 0 Å². The van der Waals surface area contributed by atoms with Crippen molar-refractivity contribution in [3.05, 3.63) is 36.5 Å². The minimum absolute atomic E-state index is 0.0813. The third-order valence-electron chi connectivity index (χ3n) is 10.8. The zero-order valence-corrected chi connectivity index (χ0v) is 38.6. The van der Waals surface area contributed by atoms with Crippen molar-refractivity contribution in [3.63, 3.8) is 0 Å². The number of esters is 3. The molecule has 0 aliphatic heterocycles. The topological polar surface area (TPSA) is 78.9 Å². The number of hydrogen-bond acceptors (Lipinski definition) is 6. The second-order valence-corrected chi connectivity index (χ2v) is 16.7. The number of hydrogen-bond donors (Lipinski definition) is 0. The number of rotatable bonds is 45. The van der Waals surface area contributed by atoms with Gasteiger partial charge in [-0.1, -0.05) is 186 Å². The van der Waals surface area contributed by atoms with Crippen LogP contribution in [0.4, 0.5) is 0 Å². The molecule has 338 valence electrons. The number of unbranched alkanes of at least 4 members (excludes halogenated alkanes) is 28. The van der Waals surface area contributed by atoms with Crippen LogP contribution in [0.3, 0.4) is 0 Å². The molecule has 6 nitrogen and oxygen atoms in total. The Kier molecular flexibility index (Phi) is 45.4. The van der Waals surface area contributed by atoms with Gasteiger partial charge >= 0.3 is 17.9 Å². The maximum absolute atomic E-state index is 12.7. The molecule has 0 saturated carbocycles. The van der Waals surface area contributed by atoms with E-state index in [0.29, 0.717) is 19.3 Å². The lowest BCUT2D eigenvalue weighted by molar-refractivity contribution is -0.167. The second kappa shape index (κ2) is 47.3. The van der Waals surface area contributed by atoms with Gasteiger partial charge in [0.05, 0.1) is 0 Å². The van der Waals surface area contributed by atoms with Crippen molar-refractivity contribution in [2.45, 2.75) is 264 Å². The molecule has 0 rings (SSSR count). The summed E-state index contributed by atoms with van der Waals surface area (Å²) in [6, 6.07) is 0. The molecule has 0 aliphatic rings. The molecular formula is C52H94O6. The first-order valence-corrected chi connectivity index (χ1v) is 25.0. The molecule has 0 heterocycles. The van der Waals surface area contributed by atoms with Crippen molar-refractivity contribution in [2.24, 2.45) is 0 Å². The first-order chi connectivity index (χ1) is 28.5.